The molecule has 5 nitrogen and oxygen atoms in total. The monoisotopic (exact) mass is 270 g/mol. The molecule has 2 fully saturated rings. The Balaban J connectivity index is 1.85. The average Bonchev–Trinajstić information content (AvgIpc) is 3.09. The van der Waals surface area contributed by atoms with Crippen LogP contribution in [0.1, 0.15) is 32.6 Å². The third kappa shape index (κ3) is 4.16. The maximum Gasteiger partial charge on any atom is 0.219 e. The lowest BCUT2D eigenvalue weighted by atomic mass is 10.2. The van der Waals surface area contributed by atoms with Crippen molar-refractivity contribution in [3.05, 3.63) is 0 Å². The van der Waals surface area contributed by atoms with Gasteiger partial charge in [0.25, 0.3) is 0 Å². The fraction of sp³-hybridized carbons (Fsp3) is 0.929. The molecule has 2 atom stereocenters. The van der Waals surface area contributed by atoms with Crippen molar-refractivity contribution >= 4 is 5.91 Å². The zero-order valence-corrected chi connectivity index (χ0v) is 12.0. The Kier molecular flexibility index (Phi) is 5.19. The molecule has 19 heavy (non-hydrogen) atoms. The Labute approximate surface area is 115 Å². The van der Waals surface area contributed by atoms with Gasteiger partial charge in [0.1, 0.15) is 0 Å². The van der Waals surface area contributed by atoms with Crippen LogP contribution in [-0.4, -0.2) is 72.4 Å². The number of likely N-dealkylation sites (tertiary alicyclic amines) is 1. The molecule has 1 saturated carbocycles. The number of carbonyl (C=O) groups is 1. The first-order valence-electron chi connectivity index (χ1n) is 7.30. The number of nitrogens with zero attached hydrogens (tertiary/aromatic N) is 2. The first-order valence-corrected chi connectivity index (χ1v) is 7.30. The van der Waals surface area contributed by atoms with Gasteiger partial charge in [0, 0.05) is 39.2 Å². The summed E-state index contributed by atoms with van der Waals surface area (Å²) in [5.74, 6) is 0.187. The molecule has 0 aromatic rings. The number of amides is 1. The molecule has 1 N–H and O–H groups in total. The molecule has 5 heteroatoms. The van der Waals surface area contributed by atoms with Gasteiger partial charge in [-0.05, 0) is 32.2 Å². The third-order valence-corrected chi connectivity index (χ3v) is 4.10. The van der Waals surface area contributed by atoms with Gasteiger partial charge in [-0.15, -0.1) is 0 Å². The molecule has 1 saturated heterocycles. The highest BCUT2D eigenvalue weighted by molar-refractivity contribution is 5.74. The molecule has 0 spiro atoms. The molecular formula is C14H26N2O3. The quantitative estimate of drug-likeness (QED) is 0.730. The molecule has 110 valence electrons. The van der Waals surface area contributed by atoms with Crippen LogP contribution in [0.5, 0.6) is 0 Å². The van der Waals surface area contributed by atoms with Crippen molar-refractivity contribution in [1.29, 1.82) is 0 Å². The lowest BCUT2D eigenvalue weighted by molar-refractivity contribution is -0.130. The molecule has 1 aliphatic heterocycles. The van der Waals surface area contributed by atoms with Crippen molar-refractivity contribution in [3.8, 4) is 0 Å². The average molecular weight is 270 g/mol. The number of β-amino-alcohol motifs (C(OH)–C–C–N with tert-alkyl or cyclic N) is 1. The second-order valence-corrected chi connectivity index (χ2v) is 5.80. The van der Waals surface area contributed by atoms with E-state index in [4.69, 9.17) is 4.74 Å². The predicted octanol–water partition coefficient (Wildman–Crippen LogP) is 0.469. The van der Waals surface area contributed by atoms with E-state index in [1.807, 2.05) is 4.90 Å². The minimum atomic E-state index is -0.433. The van der Waals surface area contributed by atoms with Crippen molar-refractivity contribution in [3.63, 3.8) is 0 Å². The summed E-state index contributed by atoms with van der Waals surface area (Å²) >= 11 is 0. The van der Waals surface area contributed by atoms with E-state index in [1.165, 1.54) is 0 Å². The summed E-state index contributed by atoms with van der Waals surface area (Å²) in [5, 5.41) is 9.84. The minimum absolute atomic E-state index is 0.187. The zero-order chi connectivity index (χ0) is 13.8. The number of aliphatic hydroxyl groups is 1. The summed E-state index contributed by atoms with van der Waals surface area (Å²) in [6.45, 7) is 4.52. The molecule has 1 amide bonds. The summed E-state index contributed by atoms with van der Waals surface area (Å²) in [5.41, 5.74) is 0. The molecule has 0 radical (unpaired) electrons. The molecule has 0 aromatic heterocycles. The topological polar surface area (TPSA) is 53.0 Å². The largest absolute Gasteiger partial charge is 0.389 e. The van der Waals surface area contributed by atoms with E-state index >= 15 is 0 Å². The molecule has 0 aromatic carbocycles. The Morgan fingerprint density at radius 2 is 2.21 bits per heavy atom. The van der Waals surface area contributed by atoms with Gasteiger partial charge in [-0.3, -0.25) is 9.69 Å². The standard InChI is InChI=1S/C14H26N2O3/c1-11(17)16(12-5-6-12)8-13-4-3-7-15(13)9-14(18)10-19-2/h12-14,18H,3-10H2,1-2H3/t13-,14+/m0/s1. The Hall–Kier alpha value is -0.650. The minimum Gasteiger partial charge on any atom is -0.389 e. The normalized spacial score (nSPS) is 25.5. The maximum atomic E-state index is 11.7. The molecule has 2 rings (SSSR count). The number of hydrogen-bond donors (Lipinski definition) is 1. The molecule has 2 aliphatic rings. The van der Waals surface area contributed by atoms with E-state index in [0.29, 0.717) is 25.2 Å². The smallest absolute Gasteiger partial charge is 0.219 e. The summed E-state index contributed by atoms with van der Waals surface area (Å²) in [6.07, 6.45) is 4.14. The van der Waals surface area contributed by atoms with Crippen LogP contribution in [0.2, 0.25) is 0 Å². The van der Waals surface area contributed by atoms with Gasteiger partial charge in [0.05, 0.1) is 12.7 Å². The van der Waals surface area contributed by atoms with Gasteiger partial charge < -0.3 is 14.7 Å². The highest BCUT2D eigenvalue weighted by atomic mass is 16.5. The van der Waals surface area contributed by atoms with Crippen LogP contribution in [-0.2, 0) is 9.53 Å². The van der Waals surface area contributed by atoms with Gasteiger partial charge in [-0.1, -0.05) is 0 Å². The summed E-state index contributed by atoms with van der Waals surface area (Å²) < 4.78 is 4.98. The zero-order valence-electron chi connectivity index (χ0n) is 12.0. The Bertz CT molecular complexity index is 307. The van der Waals surface area contributed by atoms with Gasteiger partial charge in [-0.25, -0.2) is 0 Å². The number of hydrogen-bond acceptors (Lipinski definition) is 4. The SMILES string of the molecule is COC[C@H](O)CN1CCC[C@H]1CN(C(C)=O)C1CC1. The summed E-state index contributed by atoms with van der Waals surface area (Å²) in [6, 6.07) is 0.875. The second kappa shape index (κ2) is 6.68. The number of methoxy groups -OCH3 is 1. The summed E-state index contributed by atoms with van der Waals surface area (Å²) in [7, 11) is 1.61. The van der Waals surface area contributed by atoms with Crippen LogP contribution in [0.3, 0.4) is 0 Å². The van der Waals surface area contributed by atoms with Crippen molar-refractivity contribution in [2.45, 2.75) is 50.8 Å². The van der Waals surface area contributed by atoms with Crippen molar-refractivity contribution in [1.82, 2.24) is 9.80 Å². The van der Waals surface area contributed by atoms with E-state index in [1.54, 1.807) is 14.0 Å². The van der Waals surface area contributed by atoms with Crippen molar-refractivity contribution in [2.75, 3.05) is 33.4 Å². The number of carbonyl (C=O) groups excluding carboxylic acids is 1. The number of rotatable bonds is 7. The Morgan fingerprint density at radius 1 is 1.47 bits per heavy atom. The second-order valence-electron chi connectivity index (χ2n) is 5.80. The van der Waals surface area contributed by atoms with Crippen LogP contribution in [0, 0.1) is 0 Å². The highest BCUT2D eigenvalue weighted by Crippen LogP contribution is 2.29. The molecule has 0 unspecified atom stereocenters. The van der Waals surface area contributed by atoms with Gasteiger partial charge in [-0.2, -0.15) is 0 Å². The third-order valence-electron chi connectivity index (χ3n) is 4.10. The van der Waals surface area contributed by atoms with Crippen LogP contribution in [0.25, 0.3) is 0 Å². The van der Waals surface area contributed by atoms with Crippen LogP contribution < -0.4 is 0 Å². The van der Waals surface area contributed by atoms with E-state index in [0.717, 1.165) is 38.8 Å². The van der Waals surface area contributed by atoms with E-state index in [-0.39, 0.29) is 5.91 Å². The van der Waals surface area contributed by atoms with E-state index in [9.17, 15) is 9.90 Å². The van der Waals surface area contributed by atoms with Gasteiger partial charge in [0.15, 0.2) is 0 Å². The fourth-order valence-corrected chi connectivity index (χ4v) is 3.01. The van der Waals surface area contributed by atoms with Crippen LogP contribution >= 0.6 is 0 Å². The van der Waals surface area contributed by atoms with Crippen molar-refractivity contribution < 1.29 is 14.6 Å². The predicted molar refractivity (Wildman–Crippen MR) is 72.9 cm³/mol. The molecule has 0 bridgehead atoms. The first kappa shape index (κ1) is 14.8. The van der Waals surface area contributed by atoms with Gasteiger partial charge >= 0.3 is 0 Å². The summed E-state index contributed by atoms with van der Waals surface area (Å²) in [4.78, 5) is 16.0. The van der Waals surface area contributed by atoms with Gasteiger partial charge in [0.2, 0.25) is 5.91 Å². The van der Waals surface area contributed by atoms with E-state index < -0.39 is 6.10 Å². The lowest BCUT2D eigenvalue weighted by Gasteiger charge is -2.31. The maximum absolute atomic E-state index is 11.7. The van der Waals surface area contributed by atoms with Crippen molar-refractivity contribution in [2.24, 2.45) is 0 Å². The van der Waals surface area contributed by atoms with E-state index in [2.05, 4.69) is 4.90 Å². The molecular weight excluding hydrogens is 244 g/mol. The van der Waals surface area contributed by atoms with Crippen LogP contribution in [0.15, 0.2) is 0 Å². The molecule has 1 aliphatic carbocycles. The Morgan fingerprint density at radius 3 is 2.79 bits per heavy atom. The molecule has 1 heterocycles. The lowest BCUT2D eigenvalue weighted by Crippen LogP contribution is -2.46. The number of ether oxygens (including phenoxy) is 1. The highest BCUT2D eigenvalue weighted by Gasteiger charge is 2.35. The fourth-order valence-electron chi connectivity index (χ4n) is 3.01. The number of aliphatic hydroxyl groups excluding tert-OH is 1. The van der Waals surface area contributed by atoms with Crippen LogP contribution in [0.4, 0.5) is 0 Å². The first-order chi connectivity index (χ1) is 9.11.